The van der Waals surface area contributed by atoms with Gasteiger partial charge in [-0.15, -0.1) is 0 Å². The molecular formula is C44H85NO4. The van der Waals surface area contributed by atoms with Gasteiger partial charge in [0.05, 0.1) is 18.8 Å². The van der Waals surface area contributed by atoms with Crippen molar-refractivity contribution in [3.8, 4) is 0 Å². The Labute approximate surface area is 305 Å². The lowest BCUT2D eigenvalue weighted by atomic mass is 10.0. The Morgan fingerprint density at radius 1 is 0.490 bits per heavy atom. The highest BCUT2D eigenvalue weighted by Gasteiger charge is 2.17. The van der Waals surface area contributed by atoms with Gasteiger partial charge in [-0.25, -0.2) is 0 Å². The maximum Gasteiger partial charge on any atom is 0.244 e. The fourth-order valence-electron chi connectivity index (χ4n) is 6.69. The van der Waals surface area contributed by atoms with E-state index in [0.29, 0.717) is 6.61 Å². The van der Waals surface area contributed by atoms with Gasteiger partial charge < -0.3 is 20.6 Å². The largest absolute Gasteiger partial charge is 0.396 e. The summed E-state index contributed by atoms with van der Waals surface area (Å²) in [6.45, 7) is 2.33. The normalized spacial score (nSPS) is 13.1. The van der Waals surface area contributed by atoms with E-state index in [1.807, 2.05) is 12.2 Å². The zero-order valence-electron chi connectivity index (χ0n) is 32.7. The summed E-state index contributed by atoms with van der Waals surface area (Å²) >= 11 is 0. The minimum absolute atomic E-state index is 0.246. The highest BCUT2D eigenvalue weighted by atomic mass is 16.3. The minimum Gasteiger partial charge on any atom is -0.396 e. The number of hydrogen-bond donors (Lipinski definition) is 4. The highest BCUT2D eigenvalue weighted by Crippen LogP contribution is 2.16. The number of carbonyl (C=O) groups is 1. The zero-order chi connectivity index (χ0) is 35.7. The van der Waals surface area contributed by atoms with E-state index < -0.39 is 12.1 Å². The van der Waals surface area contributed by atoms with E-state index in [0.717, 1.165) is 32.1 Å². The SMILES string of the molecule is CCCCCCCCCCCCC=CC(O)C(CO)NC(=O)C=CCCCCCCCCCCCCCCCCCCCCCCCCO. The third-order valence-corrected chi connectivity index (χ3v) is 10.0. The molecule has 290 valence electrons. The quantitative estimate of drug-likeness (QED) is 0.0292. The standard InChI is InChI=1S/C44H85NO4/c1-2-3-4-5-6-7-8-23-26-29-32-35-38-43(48)42(41-47)45-44(49)39-36-33-30-27-24-21-19-17-15-13-11-9-10-12-14-16-18-20-22-25-28-31-34-37-40-46/h35-36,38-39,42-43,46-48H,2-34,37,40-41H2,1H3,(H,45,49). The van der Waals surface area contributed by atoms with E-state index in [4.69, 9.17) is 5.11 Å². The first-order chi connectivity index (χ1) is 24.2. The first kappa shape index (κ1) is 47.8. The molecule has 1 amide bonds. The Morgan fingerprint density at radius 3 is 1.16 bits per heavy atom. The second-order valence-corrected chi connectivity index (χ2v) is 14.9. The summed E-state index contributed by atoms with van der Waals surface area (Å²) in [5, 5.41) is 31.6. The van der Waals surface area contributed by atoms with Crippen molar-refractivity contribution < 1.29 is 20.1 Å². The van der Waals surface area contributed by atoms with Crippen molar-refractivity contribution in [3.63, 3.8) is 0 Å². The number of allylic oxidation sites excluding steroid dienone is 2. The van der Waals surface area contributed by atoms with Crippen molar-refractivity contribution in [2.24, 2.45) is 0 Å². The molecule has 0 aromatic carbocycles. The van der Waals surface area contributed by atoms with Crippen molar-refractivity contribution in [2.45, 2.75) is 237 Å². The van der Waals surface area contributed by atoms with Crippen molar-refractivity contribution >= 4 is 5.91 Å². The summed E-state index contributed by atoms with van der Waals surface area (Å²) in [4.78, 5) is 12.3. The van der Waals surface area contributed by atoms with Crippen LogP contribution in [0.5, 0.6) is 0 Å². The number of nitrogens with one attached hydrogen (secondary N) is 1. The van der Waals surface area contributed by atoms with Crippen LogP contribution in [0.15, 0.2) is 24.3 Å². The van der Waals surface area contributed by atoms with Crippen LogP contribution < -0.4 is 5.32 Å². The van der Waals surface area contributed by atoms with E-state index in [1.165, 1.54) is 186 Å². The number of aliphatic hydroxyl groups is 3. The molecule has 0 saturated carbocycles. The number of unbranched alkanes of at least 4 members (excludes halogenated alkanes) is 32. The molecule has 49 heavy (non-hydrogen) atoms. The predicted octanol–water partition coefficient (Wildman–Crippen LogP) is 12.2. The molecule has 2 atom stereocenters. The van der Waals surface area contributed by atoms with Gasteiger partial charge in [0.15, 0.2) is 0 Å². The second-order valence-electron chi connectivity index (χ2n) is 14.9. The molecule has 2 unspecified atom stereocenters. The average Bonchev–Trinajstić information content (AvgIpc) is 3.10. The second kappa shape index (κ2) is 41.3. The highest BCUT2D eigenvalue weighted by molar-refractivity contribution is 5.87. The molecule has 0 aromatic heterocycles. The maximum absolute atomic E-state index is 12.3. The fraction of sp³-hybridized carbons (Fsp3) is 0.886. The number of rotatable bonds is 40. The van der Waals surface area contributed by atoms with Crippen LogP contribution in [0, 0.1) is 0 Å². The van der Waals surface area contributed by atoms with Crippen LogP contribution in [-0.4, -0.2) is 46.6 Å². The lowest BCUT2D eigenvalue weighted by molar-refractivity contribution is -0.118. The average molecular weight is 692 g/mol. The van der Waals surface area contributed by atoms with E-state index in [2.05, 4.69) is 12.2 Å². The van der Waals surface area contributed by atoms with Crippen molar-refractivity contribution in [1.82, 2.24) is 5.32 Å². The minimum atomic E-state index is -0.870. The molecule has 0 bridgehead atoms. The summed E-state index contributed by atoms with van der Waals surface area (Å²) in [5.74, 6) is -0.246. The molecule has 0 aliphatic heterocycles. The monoisotopic (exact) mass is 692 g/mol. The van der Waals surface area contributed by atoms with Crippen LogP contribution in [0.3, 0.4) is 0 Å². The molecular weight excluding hydrogens is 606 g/mol. The Bertz CT molecular complexity index is 709. The van der Waals surface area contributed by atoms with E-state index in [9.17, 15) is 15.0 Å². The van der Waals surface area contributed by atoms with Crippen LogP contribution in [0.1, 0.15) is 225 Å². The first-order valence-electron chi connectivity index (χ1n) is 21.7. The summed E-state index contributed by atoms with van der Waals surface area (Å²) < 4.78 is 0. The molecule has 4 N–H and O–H groups in total. The number of hydrogen-bond acceptors (Lipinski definition) is 4. The number of carbonyl (C=O) groups excluding carboxylic acids is 1. The number of amides is 1. The molecule has 5 nitrogen and oxygen atoms in total. The van der Waals surface area contributed by atoms with Crippen molar-refractivity contribution in [3.05, 3.63) is 24.3 Å². The van der Waals surface area contributed by atoms with Crippen LogP contribution in [0.4, 0.5) is 0 Å². The number of aliphatic hydroxyl groups excluding tert-OH is 3. The molecule has 0 fully saturated rings. The molecule has 0 saturated heterocycles. The summed E-state index contributed by atoms with van der Waals surface area (Å²) in [6.07, 6.45) is 50.5. The lowest BCUT2D eigenvalue weighted by Crippen LogP contribution is -2.44. The first-order valence-corrected chi connectivity index (χ1v) is 21.7. The van der Waals surface area contributed by atoms with Crippen LogP contribution >= 0.6 is 0 Å². The topological polar surface area (TPSA) is 89.8 Å². The van der Waals surface area contributed by atoms with Gasteiger partial charge in [-0.3, -0.25) is 4.79 Å². The summed E-state index contributed by atoms with van der Waals surface area (Å²) in [7, 11) is 0. The molecule has 0 aromatic rings. The molecule has 0 heterocycles. The van der Waals surface area contributed by atoms with Crippen molar-refractivity contribution in [1.29, 1.82) is 0 Å². The Hall–Kier alpha value is -1.17. The Morgan fingerprint density at radius 2 is 0.816 bits per heavy atom. The van der Waals surface area contributed by atoms with Gasteiger partial charge in [0.25, 0.3) is 0 Å². The van der Waals surface area contributed by atoms with Crippen molar-refractivity contribution in [2.75, 3.05) is 13.2 Å². The molecule has 5 heteroatoms. The zero-order valence-corrected chi connectivity index (χ0v) is 32.7. The maximum atomic E-state index is 12.3. The fourth-order valence-corrected chi connectivity index (χ4v) is 6.69. The van der Waals surface area contributed by atoms with Crippen LogP contribution in [0.25, 0.3) is 0 Å². The molecule has 0 rings (SSSR count). The predicted molar refractivity (Wildman–Crippen MR) is 213 cm³/mol. The third-order valence-electron chi connectivity index (χ3n) is 10.0. The Kier molecular flexibility index (Phi) is 40.3. The van der Waals surface area contributed by atoms with E-state index in [-0.39, 0.29) is 12.5 Å². The van der Waals surface area contributed by atoms with E-state index >= 15 is 0 Å². The van der Waals surface area contributed by atoms with Gasteiger partial charge in [-0.1, -0.05) is 211 Å². The molecule has 0 aliphatic rings. The van der Waals surface area contributed by atoms with Gasteiger partial charge in [-0.05, 0) is 38.2 Å². The van der Waals surface area contributed by atoms with Crippen LogP contribution in [0.2, 0.25) is 0 Å². The lowest BCUT2D eigenvalue weighted by Gasteiger charge is -2.18. The van der Waals surface area contributed by atoms with E-state index in [1.54, 1.807) is 12.2 Å². The summed E-state index contributed by atoms with van der Waals surface area (Å²) in [6, 6.07) is -0.671. The van der Waals surface area contributed by atoms with Gasteiger partial charge in [0, 0.05) is 6.61 Å². The molecule has 0 aliphatic carbocycles. The molecule has 0 radical (unpaired) electrons. The summed E-state index contributed by atoms with van der Waals surface area (Å²) in [5.41, 5.74) is 0. The third kappa shape index (κ3) is 37.9. The van der Waals surface area contributed by atoms with Gasteiger partial charge in [-0.2, -0.15) is 0 Å². The van der Waals surface area contributed by atoms with Gasteiger partial charge in [0.2, 0.25) is 5.91 Å². The smallest absolute Gasteiger partial charge is 0.244 e. The van der Waals surface area contributed by atoms with Crippen LogP contribution in [-0.2, 0) is 4.79 Å². The van der Waals surface area contributed by atoms with Gasteiger partial charge in [0.1, 0.15) is 0 Å². The van der Waals surface area contributed by atoms with Gasteiger partial charge >= 0.3 is 0 Å². The Balaban J connectivity index is 3.52. The molecule has 0 spiro atoms.